The molecular weight excluding hydrogens is 252 g/mol. The van der Waals surface area contributed by atoms with Crippen LogP contribution in [0, 0.1) is 6.42 Å². The van der Waals surface area contributed by atoms with Crippen molar-refractivity contribution in [2.24, 2.45) is 0 Å². The van der Waals surface area contributed by atoms with Crippen molar-refractivity contribution in [3.63, 3.8) is 0 Å². The number of hydrogen-bond donors (Lipinski definition) is 0. The summed E-state index contributed by atoms with van der Waals surface area (Å²) in [7, 11) is 0. The fourth-order valence-electron chi connectivity index (χ4n) is 3.32. The average Bonchev–Trinajstić information content (AvgIpc) is 2.86. The van der Waals surface area contributed by atoms with Crippen LogP contribution < -0.4 is 0 Å². The van der Waals surface area contributed by atoms with Crippen LogP contribution >= 0.6 is 0 Å². The number of fused-ring (bicyclic) bond motifs is 1. The average molecular weight is 275 g/mol. The van der Waals surface area contributed by atoms with Crippen LogP contribution in [0.5, 0.6) is 0 Å². The summed E-state index contributed by atoms with van der Waals surface area (Å²) < 4.78 is 0. The van der Waals surface area contributed by atoms with E-state index in [9.17, 15) is 0 Å². The van der Waals surface area contributed by atoms with Gasteiger partial charge >= 0.3 is 0 Å². The Morgan fingerprint density at radius 3 is 2.48 bits per heavy atom. The van der Waals surface area contributed by atoms with Crippen molar-refractivity contribution in [3.8, 4) is 11.1 Å². The van der Waals surface area contributed by atoms with Gasteiger partial charge in [0.1, 0.15) is 0 Å². The molecule has 0 atom stereocenters. The normalized spacial score (nSPS) is 13.5. The van der Waals surface area contributed by atoms with Gasteiger partial charge < -0.3 is 0 Å². The number of benzene rings is 2. The maximum Gasteiger partial charge on any atom is 0.0161 e. The third kappa shape index (κ3) is 2.44. The Morgan fingerprint density at radius 1 is 1.00 bits per heavy atom. The first-order valence-electron chi connectivity index (χ1n) is 7.90. The summed E-state index contributed by atoms with van der Waals surface area (Å²) in [5.41, 5.74) is 9.84. The Kier molecular flexibility index (Phi) is 3.71. The standard InChI is InChI=1S/C21H23/c1-5-16-10-11-17-12-15(4)13-20(17)21(16)19-9-7-6-8-18(19)14(2)3/h6-14H,5H2,1-4H3. The van der Waals surface area contributed by atoms with Gasteiger partial charge in [0.2, 0.25) is 0 Å². The molecule has 0 aromatic heterocycles. The Morgan fingerprint density at radius 2 is 1.76 bits per heavy atom. The van der Waals surface area contributed by atoms with Gasteiger partial charge in [-0.2, -0.15) is 0 Å². The van der Waals surface area contributed by atoms with E-state index in [1.54, 1.807) is 0 Å². The molecule has 1 aliphatic carbocycles. The van der Waals surface area contributed by atoms with Crippen LogP contribution in [0.25, 0.3) is 17.2 Å². The minimum absolute atomic E-state index is 0.539. The zero-order valence-corrected chi connectivity index (χ0v) is 13.4. The first kappa shape index (κ1) is 14.1. The second-order valence-corrected chi connectivity index (χ2v) is 6.23. The SMILES string of the molecule is CCc1ccc2c(c1-c1ccccc1C(C)C)C=C(C)[CH]2. The predicted octanol–water partition coefficient (Wildman–Crippen LogP) is 6.01. The van der Waals surface area contributed by atoms with Gasteiger partial charge in [-0.25, -0.2) is 0 Å². The van der Waals surface area contributed by atoms with Crippen molar-refractivity contribution in [3.05, 3.63) is 70.6 Å². The van der Waals surface area contributed by atoms with Gasteiger partial charge in [-0.1, -0.05) is 68.8 Å². The van der Waals surface area contributed by atoms with Crippen molar-refractivity contribution >= 4 is 6.08 Å². The molecular formula is C21H23. The van der Waals surface area contributed by atoms with Crippen molar-refractivity contribution < 1.29 is 0 Å². The number of aryl methyl sites for hydroxylation is 1. The lowest BCUT2D eigenvalue weighted by atomic mass is 9.86. The second-order valence-electron chi connectivity index (χ2n) is 6.23. The topological polar surface area (TPSA) is 0 Å². The van der Waals surface area contributed by atoms with E-state index in [-0.39, 0.29) is 0 Å². The van der Waals surface area contributed by atoms with Crippen molar-refractivity contribution in [1.82, 2.24) is 0 Å². The van der Waals surface area contributed by atoms with Gasteiger partial charge in [0.05, 0.1) is 0 Å². The maximum atomic E-state index is 2.33. The van der Waals surface area contributed by atoms with Crippen LogP contribution in [0.15, 0.2) is 42.0 Å². The molecule has 0 saturated carbocycles. The minimum Gasteiger partial charge on any atom is -0.0642 e. The predicted molar refractivity (Wildman–Crippen MR) is 92.4 cm³/mol. The monoisotopic (exact) mass is 275 g/mol. The van der Waals surface area contributed by atoms with Crippen molar-refractivity contribution in [1.29, 1.82) is 0 Å². The minimum atomic E-state index is 0.539. The molecule has 0 nitrogen and oxygen atoms in total. The highest BCUT2D eigenvalue weighted by Crippen LogP contribution is 2.40. The fourth-order valence-corrected chi connectivity index (χ4v) is 3.32. The van der Waals surface area contributed by atoms with Gasteiger partial charge in [0, 0.05) is 6.42 Å². The van der Waals surface area contributed by atoms with E-state index in [0.29, 0.717) is 5.92 Å². The zero-order valence-electron chi connectivity index (χ0n) is 13.4. The molecule has 2 aromatic carbocycles. The highest BCUT2D eigenvalue weighted by molar-refractivity contribution is 5.86. The van der Waals surface area contributed by atoms with Gasteiger partial charge in [-0.05, 0) is 52.6 Å². The highest BCUT2D eigenvalue weighted by Gasteiger charge is 2.19. The molecule has 0 N–H and O–H groups in total. The Bertz CT molecular complexity index is 702. The summed E-state index contributed by atoms with van der Waals surface area (Å²) >= 11 is 0. The second kappa shape index (κ2) is 5.52. The molecule has 1 aliphatic rings. The molecule has 21 heavy (non-hydrogen) atoms. The lowest BCUT2D eigenvalue weighted by Gasteiger charge is -2.18. The van der Waals surface area contributed by atoms with E-state index < -0.39 is 0 Å². The molecule has 0 fully saturated rings. The molecule has 107 valence electrons. The summed E-state index contributed by atoms with van der Waals surface area (Å²) in [5, 5.41) is 0. The molecule has 2 aromatic rings. The first-order valence-corrected chi connectivity index (χ1v) is 7.90. The molecule has 0 amide bonds. The van der Waals surface area contributed by atoms with Crippen LogP contribution in [0.1, 0.15) is 55.9 Å². The van der Waals surface area contributed by atoms with E-state index in [0.717, 1.165) is 6.42 Å². The van der Waals surface area contributed by atoms with Crippen molar-refractivity contribution in [2.45, 2.75) is 40.0 Å². The summed E-state index contributed by atoms with van der Waals surface area (Å²) in [4.78, 5) is 0. The lowest BCUT2D eigenvalue weighted by Crippen LogP contribution is -1.98. The summed E-state index contributed by atoms with van der Waals surface area (Å²) in [6.45, 7) is 8.99. The third-order valence-corrected chi connectivity index (χ3v) is 4.35. The molecule has 0 unspecified atom stereocenters. The van der Waals surface area contributed by atoms with E-state index >= 15 is 0 Å². The van der Waals surface area contributed by atoms with Crippen LogP contribution in [-0.2, 0) is 6.42 Å². The fraction of sp³-hybridized carbons (Fsp3) is 0.286. The number of rotatable bonds is 3. The highest BCUT2D eigenvalue weighted by atomic mass is 14.2. The molecule has 0 saturated heterocycles. The summed E-state index contributed by atoms with van der Waals surface area (Å²) in [5.74, 6) is 0.539. The number of allylic oxidation sites excluding steroid dienone is 1. The maximum absolute atomic E-state index is 2.33. The van der Waals surface area contributed by atoms with Crippen molar-refractivity contribution in [2.75, 3.05) is 0 Å². The quantitative estimate of drug-likeness (QED) is 0.643. The largest absolute Gasteiger partial charge is 0.0642 e. The Balaban J connectivity index is 2.31. The van der Waals surface area contributed by atoms with Crippen LogP contribution in [0.3, 0.4) is 0 Å². The molecule has 1 radical (unpaired) electrons. The smallest absolute Gasteiger partial charge is 0.0161 e. The molecule has 0 heteroatoms. The lowest BCUT2D eigenvalue weighted by molar-refractivity contribution is 0.868. The van der Waals surface area contributed by atoms with Gasteiger partial charge in [0.15, 0.2) is 0 Å². The van der Waals surface area contributed by atoms with E-state index in [1.807, 2.05) is 0 Å². The molecule has 3 rings (SSSR count). The third-order valence-electron chi connectivity index (χ3n) is 4.35. The summed E-state index contributed by atoms with van der Waals surface area (Å²) in [6, 6.07) is 13.4. The van der Waals surface area contributed by atoms with Crippen LogP contribution in [0.2, 0.25) is 0 Å². The van der Waals surface area contributed by atoms with E-state index in [2.05, 4.69) is 76.6 Å². The summed E-state index contributed by atoms with van der Waals surface area (Å²) in [6.07, 6.45) is 5.69. The van der Waals surface area contributed by atoms with Gasteiger partial charge in [-0.3, -0.25) is 0 Å². The van der Waals surface area contributed by atoms with Crippen LogP contribution in [0.4, 0.5) is 0 Å². The molecule has 0 heterocycles. The first-order chi connectivity index (χ1) is 10.1. The Hall–Kier alpha value is -1.82. The Labute approximate surface area is 128 Å². The number of hydrogen-bond acceptors (Lipinski definition) is 0. The van der Waals surface area contributed by atoms with E-state index in [4.69, 9.17) is 0 Å². The van der Waals surface area contributed by atoms with Gasteiger partial charge in [0.25, 0.3) is 0 Å². The van der Waals surface area contributed by atoms with Crippen LogP contribution in [-0.4, -0.2) is 0 Å². The molecule has 0 bridgehead atoms. The molecule has 0 aliphatic heterocycles. The molecule has 0 spiro atoms. The van der Waals surface area contributed by atoms with Gasteiger partial charge in [-0.15, -0.1) is 0 Å². The zero-order chi connectivity index (χ0) is 15.0. The van der Waals surface area contributed by atoms with E-state index in [1.165, 1.54) is 39.0 Å².